The van der Waals surface area contributed by atoms with Crippen LogP contribution in [-0.2, 0) is 12.8 Å². The van der Waals surface area contributed by atoms with E-state index in [1.54, 1.807) is 6.92 Å². The second-order valence-electron chi connectivity index (χ2n) is 3.74. The van der Waals surface area contributed by atoms with Crippen LogP contribution >= 0.6 is 0 Å². The molecule has 2 rings (SSSR count). The first-order chi connectivity index (χ1) is 7.85. The van der Waals surface area contributed by atoms with Crippen molar-refractivity contribution in [3.63, 3.8) is 0 Å². The number of rotatable bonds is 2. The Hall–Kier alpha value is -2.00. The number of aromatic nitrogens is 1. The number of nitrogens with zero attached hydrogens (tertiary/aromatic N) is 2. The SMILES string of the molecule is CC#CCNc1nc2c(cc1C#N)CCC2. The molecule has 0 aromatic carbocycles. The van der Waals surface area contributed by atoms with Gasteiger partial charge in [0.2, 0.25) is 0 Å². The van der Waals surface area contributed by atoms with E-state index < -0.39 is 0 Å². The molecule has 0 saturated carbocycles. The van der Waals surface area contributed by atoms with Crippen molar-refractivity contribution in [2.75, 3.05) is 11.9 Å². The lowest BCUT2D eigenvalue weighted by molar-refractivity contribution is 0.899. The Morgan fingerprint density at radius 1 is 1.50 bits per heavy atom. The van der Waals surface area contributed by atoms with Crippen LogP contribution in [0.4, 0.5) is 5.82 Å². The van der Waals surface area contributed by atoms with Gasteiger partial charge < -0.3 is 5.32 Å². The van der Waals surface area contributed by atoms with Crippen molar-refractivity contribution >= 4 is 5.82 Å². The smallest absolute Gasteiger partial charge is 0.144 e. The summed E-state index contributed by atoms with van der Waals surface area (Å²) in [4.78, 5) is 4.49. The van der Waals surface area contributed by atoms with Crippen molar-refractivity contribution in [1.82, 2.24) is 4.98 Å². The maximum atomic E-state index is 9.04. The summed E-state index contributed by atoms with van der Waals surface area (Å²) in [5.74, 6) is 6.38. The van der Waals surface area contributed by atoms with E-state index in [-0.39, 0.29) is 0 Å². The lowest BCUT2D eigenvalue weighted by Gasteiger charge is -2.07. The Bertz CT molecular complexity index is 500. The fourth-order valence-corrected chi connectivity index (χ4v) is 1.91. The molecule has 80 valence electrons. The zero-order valence-corrected chi connectivity index (χ0v) is 9.30. The highest BCUT2D eigenvalue weighted by Gasteiger charge is 2.15. The fraction of sp³-hybridized carbons (Fsp3) is 0.385. The van der Waals surface area contributed by atoms with Gasteiger partial charge in [-0.3, -0.25) is 0 Å². The summed E-state index contributed by atoms with van der Waals surface area (Å²) in [6.07, 6.45) is 3.21. The number of nitriles is 1. The Morgan fingerprint density at radius 2 is 2.38 bits per heavy atom. The first-order valence-electron chi connectivity index (χ1n) is 5.41. The van der Waals surface area contributed by atoms with Crippen LogP contribution in [0.15, 0.2) is 6.07 Å². The predicted molar refractivity (Wildman–Crippen MR) is 62.9 cm³/mol. The predicted octanol–water partition coefficient (Wildman–Crippen LogP) is 1.88. The lowest BCUT2D eigenvalue weighted by atomic mass is 10.1. The molecular formula is C13H13N3. The van der Waals surface area contributed by atoms with Gasteiger partial charge in [-0.25, -0.2) is 4.98 Å². The van der Waals surface area contributed by atoms with Crippen LogP contribution in [0.5, 0.6) is 0 Å². The van der Waals surface area contributed by atoms with Crippen molar-refractivity contribution in [2.24, 2.45) is 0 Å². The minimum Gasteiger partial charge on any atom is -0.358 e. The third-order valence-electron chi connectivity index (χ3n) is 2.69. The van der Waals surface area contributed by atoms with Gasteiger partial charge in [0, 0.05) is 5.69 Å². The molecular weight excluding hydrogens is 198 g/mol. The molecule has 0 bridgehead atoms. The molecule has 16 heavy (non-hydrogen) atoms. The molecule has 0 radical (unpaired) electrons. The third kappa shape index (κ3) is 1.99. The fourth-order valence-electron chi connectivity index (χ4n) is 1.91. The van der Waals surface area contributed by atoms with E-state index >= 15 is 0 Å². The van der Waals surface area contributed by atoms with Gasteiger partial charge in [-0.1, -0.05) is 5.92 Å². The summed E-state index contributed by atoms with van der Waals surface area (Å²) in [5.41, 5.74) is 2.98. The number of nitrogens with one attached hydrogen (secondary N) is 1. The van der Waals surface area contributed by atoms with E-state index in [0.717, 1.165) is 25.0 Å². The van der Waals surface area contributed by atoms with Crippen LogP contribution in [0.1, 0.15) is 30.2 Å². The molecule has 1 aromatic heterocycles. The molecule has 0 amide bonds. The van der Waals surface area contributed by atoms with E-state index in [0.29, 0.717) is 17.9 Å². The molecule has 0 spiro atoms. The monoisotopic (exact) mass is 211 g/mol. The van der Waals surface area contributed by atoms with E-state index in [1.165, 1.54) is 5.56 Å². The summed E-state index contributed by atoms with van der Waals surface area (Å²) in [6.45, 7) is 2.33. The van der Waals surface area contributed by atoms with Gasteiger partial charge in [-0.15, -0.1) is 5.92 Å². The first-order valence-corrected chi connectivity index (χ1v) is 5.41. The Labute approximate surface area is 95.5 Å². The van der Waals surface area contributed by atoms with E-state index in [4.69, 9.17) is 5.26 Å². The highest BCUT2D eigenvalue weighted by Crippen LogP contribution is 2.24. The number of hydrogen-bond acceptors (Lipinski definition) is 3. The zero-order chi connectivity index (χ0) is 11.4. The zero-order valence-electron chi connectivity index (χ0n) is 9.30. The molecule has 0 aliphatic heterocycles. The van der Waals surface area contributed by atoms with Crippen molar-refractivity contribution in [2.45, 2.75) is 26.2 Å². The quantitative estimate of drug-likeness (QED) is 0.760. The van der Waals surface area contributed by atoms with Crippen LogP contribution in [0.25, 0.3) is 0 Å². The average molecular weight is 211 g/mol. The van der Waals surface area contributed by atoms with Crippen LogP contribution in [0, 0.1) is 23.2 Å². The number of hydrogen-bond donors (Lipinski definition) is 1. The first kappa shape index (κ1) is 10.5. The normalized spacial score (nSPS) is 12.2. The van der Waals surface area contributed by atoms with Crippen molar-refractivity contribution in [3.05, 3.63) is 22.9 Å². The Balaban J connectivity index is 2.28. The maximum Gasteiger partial charge on any atom is 0.144 e. The molecule has 0 atom stereocenters. The summed E-state index contributed by atoms with van der Waals surface area (Å²) < 4.78 is 0. The molecule has 3 heteroatoms. The van der Waals surface area contributed by atoms with Crippen molar-refractivity contribution in [3.8, 4) is 17.9 Å². The lowest BCUT2D eigenvalue weighted by Crippen LogP contribution is -2.05. The number of fused-ring (bicyclic) bond motifs is 1. The highest BCUT2D eigenvalue weighted by atomic mass is 15.0. The molecule has 1 aromatic rings. The van der Waals surface area contributed by atoms with Gasteiger partial charge in [0.15, 0.2) is 0 Å². The standard InChI is InChI=1S/C13H13N3/c1-2-3-7-15-13-11(9-14)8-10-5-4-6-12(10)16-13/h8H,4-7H2,1H3,(H,15,16). The average Bonchev–Trinajstić information content (AvgIpc) is 2.75. The minimum atomic E-state index is 0.539. The molecule has 3 nitrogen and oxygen atoms in total. The molecule has 1 N–H and O–H groups in total. The van der Waals surface area contributed by atoms with Gasteiger partial charge in [-0.2, -0.15) is 5.26 Å². The van der Waals surface area contributed by atoms with E-state index in [2.05, 4.69) is 28.2 Å². The van der Waals surface area contributed by atoms with E-state index in [1.807, 2.05) is 6.07 Å². The number of anilines is 1. The molecule has 0 unspecified atom stereocenters. The minimum absolute atomic E-state index is 0.539. The molecule has 1 aliphatic rings. The van der Waals surface area contributed by atoms with Gasteiger partial charge >= 0.3 is 0 Å². The summed E-state index contributed by atoms with van der Waals surface area (Å²) in [6, 6.07) is 4.13. The van der Waals surface area contributed by atoms with Crippen molar-refractivity contribution in [1.29, 1.82) is 5.26 Å². The molecule has 0 fully saturated rings. The Morgan fingerprint density at radius 3 is 3.12 bits per heavy atom. The largest absolute Gasteiger partial charge is 0.358 e. The topological polar surface area (TPSA) is 48.7 Å². The molecule has 0 saturated heterocycles. The molecule has 1 heterocycles. The molecule has 1 aliphatic carbocycles. The number of pyridine rings is 1. The maximum absolute atomic E-state index is 9.04. The van der Waals surface area contributed by atoms with Gasteiger partial charge in [0.1, 0.15) is 11.9 Å². The van der Waals surface area contributed by atoms with Crippen LogP contribution in [0.2, 0.25) is 0 Å². The van der Waals surface area contributed by atoms with Gasteiger partial charge in [0.05, 0.1) is 12.1 Å². The second-order valence-corrected chi connectivity index (χ2v) is 3.74. The van der Waals surface area contributed by atoms with Crippen LogP contribution in [0.3, 0.4) is 0 Å². The third-order valence-corrected chi connectivity index (χ3v) is 2.69. The van der Waals surface area contributed by atoms with Crippen LogP contribution < -0.4 is 5.32 Å². The van der Waals surface area contributed by atoms with E-state index in [9.17, 15) is 0 Å². The summed E-state index contributed by atoms with van der Waals surface area (Å²) in [7, 11) is 0. The highest BCUT2D eigenvalue weighted by molar-refractivity contribution is 5.55. The second kappa shape index (κ2) is 4.68. The Kier molecular flexibility index (Phi) is 3.08. The van der Waals surface area contributed by atoms with Crippen LogP contribution in [-0.4, -0.2) is 11.5 Å². The van der Waals surface area contributed by atoms with Crippen molar-refractivity contribution < 1.29 is 0 Å². The number of aryl methyl sites for hydroxylation is 2. The van der Waals surface area contributed by atoms with Gasteiger partial charge in [-0.05, 0) is 37.8 Å². The van der Waals surface area contributed by atoms with Gasteiger partial charge in [0.25, 0.3) is 0 Å². The summed E-state index contributed by atoms with van der Waals surface area (Å²) in [5, 5.41) is 12.1. The summed E-state index contributed by atoms with van der Waals surface area (Å²) >= 11 is 0.